The second-order valence-electron chi connectivity index (χ2n) is 5.00. The van der Waals surface area contributed by atoms with Gasteiger partial charge in [-0.1, -0.05) is 11.6 Å². The van der Waals surface area contributed by atoms with Crippen LogP contribution in [0.15, 0.2) is 22.1 Å². The number of hydrogen-bond donors (Lipinski definition) is 2. The predicted octanol–water partition coefficient (Wildman–Crippen LogP) is 1.71. The van der Waals surface area contributed by atoms with Crippen LogP contribution in [0.4, 0.5) is 5.69 Å². The number of rotatable bonds is 1. The van der Waals surface area contributed by atoms with Crippen molar-refractivity contribution in [3.8, 4) is 6.07 Å². The number of hydrogen-bond acceptors (Lipinski definition) is 6. The standard InChI is InChI=1S/C13H15ClN6/c1-7-4-9(14)5-8(6-15)10(7)20-12(17)18-11(16)19-13(20,2)3/h4-5H,1-3H3,(H4,16,17,18,19). The molecule has 1 aromatic rings. The lowest BCUT2D eigenvalue weighted by Gasteiger charge is -2.39. The highest BCUT2D eigenvalue weighted by Crippen LogP contribution is 2.34. The molecule has 6 nitrogen and oxygen atoms in total. The van der Waals surface area contributed by atoms with Crippen LogP contribution in [0.25, 0.3) is 0 Å². The van der Waals surface area contributed by atoms with Crippen LogP contribution >= 0.6 is 11.6 Å². The molecule has 20 heavy (non-hydrogen) atoms. The van der Waals surface area contributed by atoms with E-state index in [0.717, 1.165) is 5.56 Å². The molecular weight excluding hydrogens is 276 g/mol. The van der Waals surface area contributed by atoms with Gasteiger partial charge in [0.2, 0.25) is 11.9 Å². The van der Waals surface area contributed by atoms with Gasteiger partial charge in [0.1, 0.15) is 11.7 Å². The lowest BCUT2D eigenvalue weighted by molar-refractivity contribution is 0.533. The molecule has 0 saturated heterocycles. The number of nitrogens with two attached hydrogens (primary N) is 2. The number of nitriles is 1. The van der Waals surface area contributed by atoms with Gasteiger partial charge in [-0.05, 0) is 38.5 Å². The van der Waals surface area contributed by atoms with Crippen molar-refractivity contribution in [2.45, 2.75) is 26.4 Å². The van der Waals surface area contributed by atoms with Crippen LogP contribution in [0.3, 0.4) is 0 Å². The highest BCUT2D eigenvalue weighted by atomic mass is 35.5. The van der Waals surface area contributed by atoms with Crippen molar-refractivity contribution in [2.24, 2.45) is 21.5 Å². The summed E-state index contributed by atoms with van der Waals surface area (Å²) < 4.78 is 0. The van der Waals surface area contributed by atoms with Gasteiger partial charge >= 0.3 is 0 Å². The second-order valence-corrected chi connectivity index (χ2v) is 5.44. The zero-order valence-corrected chi connectivity index (χ0v) is 12.2. The number of benzene rings is 1. The van der Waals surface area contributed by atoms with Crippen LogP contribution in [0, 0.1) is 18.3 Å². The van der Waals surface area contributed by atoms with Crippen LogP contribution in [-0.4, -0.2) is 17.6 Å². The zero-order chi connectivity index (χ0) is 15.1. The first kappa shape index (κ1) is 14.2. The van der Waals surface area contributed by atoms with Gasteiger partial charge in [0.15, 0.2) is 0 Å². The minimum Gasteiger partial charge on any atom is -0.369 e. The second kappa shape index (κ2) is 4.69. The van der Waals surface area contributed by atoms with Crippen molar-refractivity contribution in [3.05, 3.63) is 28.3 Å². The van der Waals surface area contributed by atoms with Gasteiger partial charge in [-0.25, -0.2) is 4.99 Å². The fourth-order valence-corrected chi connectivity index (χ4v) is 2.58. The van der Waals surface area contributed by atoms with E-state index >= 15 is 0 Å². The van der Waals surface area contributed by atoms with Gasteiger partial charge in [-0.15, -0.1) is 0 Å². The first-order valence-electron chi connectivity index (χ1n) is 5.96. The highest BCUT2D eigenvalue weighted by molar-refractivity contribution is 6.31. The monoisotopic (exact) mass is 290 g/mol. The summed E-state index contributed by atoms with van der Waals surface area (Å²) in [5, 5.41) is 9.83. The third-order valence-electron chi connectivity index (χ3n) is 3.00. The minimum absolute atomic E-state index is 0.119. The summed E-state index contributed by atoms with van der Waals surface area (Å²) in [5.74, 6) is 0.318. The summed E-state index contributed by atoms with van der Waals surface area (Å²) in [7, 11) is 0. The first-order chi connectivity index (χ1) is 9.26. The Morgan fingerprint density at radius 3 is 2.55 bits per heavy atom. The molecule has 0 atom stereocenters. The molecule has 1 aromatic carbocycles. The zero-order valence-electron chi connectivity index (χ0n) is 11.5. The molecule has 2 rings (SSSR count). The van der Waals surface area contributed by atoms with E-state index in [1.165, 1.54) is 0 Å². The number of anilines is 1. The van der Waals surface area contributed by atoms with Crippen LogP contribution in [0.2, 0.25) is 5.02 Å². The van der Waals surface area contributed by atoms with E-state index < -0.39 is 5.66 Å². The Hall–Kier alpha value is -2.26. The molecule has 1 heterocycles. The Kier molecular flexibility index (Phi) is 3.32. The van der Waals surface area contributed by atoms with Crippen molar-refractivity contribution in [2.75, 3.05) is 4.90 Å². The van der Waals surface area contributed by atoms with Crippen molar-refractivity contribution in [1.82, 2.24) is 0 Å². The van der Waals surface area contributed by atoms with E-state index in [0.29, 0.717) is 16.3 Å². The average molecular weight is 291 g/mol. The molecule has 1 aliphatic heterocycles. The topological polar surface area (TPSA) is 104 Å². The van der Waals surface area contributed by atoms with E-state index in [-0.39, 0.29) is 11.9 Å². The maximum atomic E-state index is 9.33. The summed E-state index contributed by atoms with van der Waals surface area (Å²) >= 11 is 5.99. The molecule has 0 bridgehead atoms. The fourth-order valence-electron chi connectivity index (χ4n) is 2.31. The number of halogens is 1. The molecule has 0 spiro atoms. The number of aryl methyl sites for hydroxylation is 1. The van der Waals surface area contributed by atoms with Gasteiger partial charge in [-0.2, -0.15) is 10.3 Å². The Labute approximate surface area is 122 Å². The lowest BCUT2D eigenvalue weighted by Crippen LogP contribution is -2.54. The predicted molar refractivity (Wildman–Crippen MR) is 80.7 cm³/mol. The molecule has 0 aromatic heterocycles. The number of guanidine groups is 2. The summed E-state index contributed by atoms with van der Waals surface area (Å²) in [5.41, 5.74) is 12.8. The molecule has 7 heteroatoms. The Bertz CT molecular complexity index is 668. The summed E-state index contributed by atoms with van der Waals surface area (Å²) in [4.78, 5) is 9.94. The normalized spacial score (nSPS) is 17.2. The quantitative estimate of drug-likeness (QED) is 0.821. The lowest BCUT2D eigenvalue weighted by atomic mass is 10.0. The van der Waals surface area contributed by atoms with Crippen molar-refractivity contribution >= 4 is 29.2 Å². The molecule has 4 N–H and O–H groups in total. The smallest absolute Gasteiger partial charge is 0.220 e. The molecule has 0 saturated carbocycles. The van der Waals surface area contributed by atoms with Crippen LogP contribution < -0.4 is 16.4 Å². The van der Waals surface area contributed by atoms with Crippen LogP contribution in [0.5, 0.6) is 0 Å². The van der Waals surface area contributed by atoms with E-state index in [1.54, 1.807) is 17.0 Å². The largest absolute Gasteiger partial charge is 0.369 e. The molecular formula is C13H15ClN6. The molecule has 0 fully saturated rings. The van der Waals surface area contributed by atoms with Crippen molar-refractivity contribution in [1.29, 1.82) is 5.26 Å². The minimum atomic E-state index is -0.736. The first-order valence-corrected chi connectivity index (χ1v) is 6.34. The molecule has 0 radical (unpaired) electrons. The van der Waals surface area contributed by atoms with E-state index in [1.807, 2.05) is 20.8 Å². The van der Waals surface area contributed by atoms with Gasteiger partial charge < -0.3 is 11.5 Å². The maximum absolute atomic E-state index is 9.33. The molecule has 104 valence electrons. The number of nitrogens with zero attached hydrogens (tertiary/aromatic N) is 4. The van der Waals surface area contributed by atoms with Gasteiger partial charge in [-0.3, -0.25) is 4.90 Å². The van der Waals surface area contributed by atoms with E-state index in [9.17, 15) is 5.26 Å². The van der Waals surface area contributed by atoms with E-state index in [4.69, 9.17) is 23.1 Å². The SMILES string of the molecule is Cc1cc(Cl)cc(C#N)c1N1C(N)=NC(N)=NC1(C)C. The third kappa shape index (κ3) is 2.28. The summed E-state index contributed by atoms with van der Waals surface area (Å²) in [6.07, 6.45) is 0. The Morgan fingerprint density at radius 1 is 1.35 bits per heavy atom. The molecule has 0 unspecified atom stereocenters. The molecule has 0 amide bonds. The van der Waals surface area contributed by atoms with Gasteiger partial charge in [0.25, 0.3) is 0 Å². The average Bonchev–Trinajstić information content (AvgIpc) is 2.28. The maximum Gasteiger partial charge on any atom is 0.220 e. The van der Waals surface area contributed by atoms with Gasteiger partial charge in [0, 0.05) is 5.02 Å². The van der Waals surface area contributed by atoms with Crippen LogP contribution in [0.1, 0.15) is 25.0 Å². The number of aliphatic imine (C=N–C) groups is 2. The van der Waals surface area contributed by atoms with Crippen molar-refractivity contribution in [3.63, 3.8) is 0 Å². The summed E-state index contributed by atoms with van der Waals surface area (Å²) in [6, 6.07) is 5.49. The highest BCUT2D eigenvalue weighted by Gasteiger charge is 2.35. The van der Waals surface area contributed by atoms with Crippen LogP contribution in [-0.2, 0) is 0 Å². The van der Waals surface area contributed by atoms with E-state index in [2.05, 4.69) is 16.1 Å². The Balaban J connectivity index is 2.69. The third-order valence-corrected chi connectivity index (χ3v) is 3.22. The summed E-state index contributed by atoms with van der Waals surface area (Å²) in [6.45, 7) is 5.54. The molecule has 1 aliphatic rings. The fraction of sp³-hybridized carbons (Fsp3) is 0.308. The molecule has 0 aliphatic carbocycles. The van der Waals surface area contributed by atoms with Crippen molar-refractivity contribution < 1.29 is 0 Å². The Morgan fingerprint density at radius 2 is 2.00 bits per heavy atom. The van der Waals surface area contributed by atoms with Gasteiger partial charge in [0.05, 0.1) is 11.3 Å².